The molecular formula is C16H15F4N3O2S. The molecule has 0 saturated carbocycles. The van der Waals surface area contributed by atoms with Crippen molar-refractivity contribution in [1.82, 2.24) is 10.7 Å². The fourth-order valence-corrected chi connectivity index (χ4v) is 2.09. The lowest BCUT2D eigenvalue weighted by Crippen LogP contribution is -2.34. The van der Waals surface area contributed by atoms with E-state index in [2.05, 4.69) is 15.8 Å². The molecule has 26 heavy (non-hydrogen) atoms. The molecule has 0 atom stereocenters. The third-order valence-electron chi connectivity index (χ3n) is 3.13. The highest BCUT2D eigenvalue weighted by atomic mass is 32.1. The highest BCUT2D eigenvalue weighted by Crippen LogP contribution is 2.34. The number of thiocarbonyl (C=S) groups is 1. The van der Waals surface area contributed by atoms with Gasteiger partial charge in [0.15, 0.2) is 5.11 Å². The van der Waals surface area contributed by atoms with Crippen molar-refractivity contribution in [1.29, 1.82) is 0 Å². The van der Waals surface area contributed by atoms with E-state index in [4.69, 9.17) is 21.4 Å². The van der Waals surface area contributed by atoms with Crippen molar-refractivity contribution in [2.75, 3.05) is 20.3 Å². The summed E-state index contributed by atoms with van der Waals surface area (Å²) >= 11 is 4.96. The Kier molecular flexibility index (Phi) is 6.70. The third-order valence-corrected chi connectivity index (χ3v) is 3.37. The van der Waals surface area contributed by atoms with Gasteiger partial charge in [-0.2, -0.15) is 18.3 Å². The second-order valence-electron chi connectivity index (χ2n) is 5.01. The van der Waals surface area contributed by atoms with E-state index in [0.29, 0.717) is 19.2 Å². The highest BCUT2D eigenvalue weighted by molar-refractivity contribution is 7.80. The Morgan fingerprint density at radius 3 is 2.77 bits per heavy atom. The SMILES string of the molecule is COCCNC(=S)NN=Cc1ccc(-c2ccc(F)c(C(F)(F)F)c2)o1. The van der Waals surface area contributed by atoms with E-state index >= 15 is 0 Å². The van der Waals surface area contributed by atoms with Crippen molar-refractivity contribution >= 4 is 23.5 Å². The number of methoxy groups -OCH3 is 1. The van der Waals surface area contributed by atoms with Crippen LogP contribution in [0.15, 0.2) is 39.9 Å². The summed E-state index contributed by atoms with van der Waals surface area (Å²) in [5.74, 6) is -0.906. The first-order chi connectivity index (χ1) is 12.3. The summed E-state index contributed by atoms with van der Waals surface area (Å²) in [5.41, 5.74) is 1.30. The Balaban J connectivity index is 2.04. The van der Waals surface area contributed by atoms with Gasteiger partial charge in [0, 0.05) is 19.2 Å². The average Bonchev–Trinajstić information content (AvgIpc) is 3.03. The number of nitrogens with one attached hydrogen (secondary N) is 2. The molecule has 0 amide bonds. The number of benzene rings is 1. The molecule has 0 fully saturated rings. The second-order valence-corrected chi connectivity index (χ2v) is 5.42. The van der Waals surface area contributed by atoms with Gasteiger partial charge < -0.3 is 14.5 Å². The van der Waals surface area contributed by atoms with Crippen molar-refractivity contribution < 1.29 is 26.7 Å². The predicted molar refractivity (Wildman–Crippen MR) is 92.3 cm³/mol. The van der Waals surface area contributed by atoms with Gasteiger partial charge in [0.1, 0.15) is 17.3 Å². The summed E-state index contributed by atoms with van der Waals surface area (Å²) in [4.78, 5) is 0. The standard InChI is InChI=1S/C16H15F4N3O2S/c1-24-7-6-21-15(26)23-22-9-11-3-5-14(25-11)10-2-4-13(17)12(8-10)16(18,19)20/h2-5,8-9H,6-7H2,1H3,(H2,21,23,26). The van der Waals surface area contributed by atoms with Crippen LogP contribution in [0.5, 0.6) is 0 Å². The van der Waals surface area contributed by atoms with Crippen LogP contribution in [-0.4, -0.2) is 31.6 Å². The summed E-state index contributed by atoms with van der Waals surface area (Å²) in [6.07, 6.45) is -3.48. The molecule has 140 valence electrons. The molecule has 0 spiro atoms. The summed E-state index contributed by atoms with van der Waals surface area (Å²) in [6.45, 7) is 0.986. The first-order valence-corrected chi connectivity index (χ1v) is 7.75. The maximum atomic E-state index is 13.3. The Morgan fingerprint density at radius 1 is 1.31 bits per heavy atom. The zero-order chi connectivity index (χ0) is 19.2. The molecule has 0 bridgehead atoms. The number of hydrogen-bond acceptors (Lipinski definition) is 4. The molecule has 1 aromatic heterocycles. The minimum absolute atomic E-state index is 0.100. The number of hydrogen-bond donors (Lipinski definition) is 2. The van der Waals surface area contributed by atoms with Crippen LogP contribution in [0.4, 0.5) is 17.6 Å². The Morgan fingerprint density at radius 2 is 2.08 bits per heavy atom. The summed E-state index contributed by atoms with van der Waals surface area (Å²) in [6, 6.07) is 5.63. The molecule has 10 heteroatoms. The van der Waals surface area contributed by atoms with E-state index in [1.54, 1.807) is 7.11 Å². The molecule has 0 aliphatic heterocycles. The summed E-state index contributed by atoms with van der Waals surface area (Å²) in [5, 5.41) is 6.96. The van der Waals surface area contributed by atoms with Gasteiger partial charge in [-0.05, 0) is 42.5 Å². The maximum absolute atomic E-state index is 13.3. The minimum Gasteiger partial charge on any atom is -0.455 e. The van der Waals surface area contributed by atoms with E-state index in [9.17, 15) is 17.6 Å². The molecular weight excluding hydrogens is 374 g/mol. The Labute approximate surface area is 152 Å². The third kappa shape index (κ3) is 5.53. The number of nitrogens with zero attached hydrogens (tertiary/aromatic N) is 1. The van der Waals surface area contributed by atoms with Crippen molar-refractivity contribution in [2.24, 2.45) is 5.10 Å². The van der Waals surface area contributed by atoms with Gasteiger partial charge in [-0.15, -0.1) is 0 Å². The summed E-state index contributed by atoms with van der Waals surface area (Å²) in [7, 11) is 1.56. The molecule has 2 N–H and O–H groups in total. The lowest BCUT2D eigenvalue weighted by molar-refractivity contribution is -0.139. The lowest BCUT2D eigenvalue weighted by atomic mass is 10.1. The van der Waals surface area contributed by atoms with Crippen LogP contribution in [0.25, 0.3) is 11.3 Å². The van der Waals surface area contributed by atoms with Crippen molar-refractivity contribution in [3.8, 4) is 11.3 Å². The van der Waals surface area contributed by atoms with Crippen LogP contribution in [-0.2, 0) is 10.9 Å². The van der Waals surface area contributed by atoms with Crippen LogP contribution in [0.1, 0.15) is 11.3 Å². The van der Waals surface area contributed by atoms with Gasteiger partial charge in [0.25, 0.3) is 0 Å². The average molecular weight is 389 g/mol. The lowest BCUT2D eigenvalue weighted by Gasteiger charge is -2.08. The first kappa shape index (κ1) is 19.9. The van der Waals surface area contributed by atoms with Crippen LogP contribution < -0.4 is 10.7 Å². The summed E-state index contributed by atoms with van der Waals surface area (Å²) < 4.78 is 61.9. The van der Waals surface area contributed by atoms with E-state index in [-0.39, 0.29) is 22.2 Å². The number of alkyl halides is 3. The fraction of sp³-hybridized carbons (Fsp3) is 0.250. The van der Waals surface area contributed by atoms with Crippen LogP contribution in [0, 0.1) is 5.82 Å². The van der Waals surface area contributed by atoms with E-state index in [0.717, 1.165) is 6.07 Å². The van der Waals surface area contributed by atoms with E-state index in [1.165, 1.54) is 24.4 Å². The largest absolute Gasteiger partial charge is 0.455 e. The smallest absolute Gasteiger partial charge is 0.419 e. The number of halogens is 4. The molecule has 0 radical (unpaired) electrons. The molecule has 0 aliphatic carbocycles. The highest BCUT2D eigenvalue weighted by Gasteiger charge is 2.34. The molecule has 0 saturated heterocycles. The zero-order valence-electron chi connectivity index (χ0n) is 13.6. The van der Waals surface area contributed by atoms with Crippen molar-refractivity contribution in [3.05, 3.63) is 47.5 Å². The molecule has 0 aliphatic rings. The van der Waals surface area contributed by atoms with E-state index in [1.807, 2.05) is 0 Å². The van der Waals surface area contributed by atoms with Crippen LogP contribution in [0.3, 0.4) is 0 Å². The normalized spacial score (nSPS) is 11.7. The van der Waals surface area contributed by atoms with Crippen molar-refractivity contribution in [3.63, 3.8) is 0 Å². The molecule has 1 heterocycles. The fourth-order valence-electron chi connectivity index (χ4n) is 1.93. The van der Waals surface area contributed by atoms with E-state index < -0.39 is 17.6 Å². The van der Waals surface area contributed by atoms with Gasteiger partial charge in [-0.25, -0.2) is 4.39 Å². The molecule has 5 nitrogen and oxygen atoms in total. The monoisotopic (exact) mass is 389 g/mol. The number of ether oxygens (including phenoxy) is 1. The van der Waals surface area contributed by atoms with Gasteiger partial charge in [0.05, 0.1) is 18.4 Å². The van der Waals surface area contributed by atoms with Crippen LogP contribution in [0.2, 0.25) is 0 Å². The molecule has 2 rings (SSSR count). The van der Waals surface area contributed by atoms with Gasteiger partial charge in [0.2, 0.25) is 0 Å². The Bertz CT molecular complexity index is 790. The number of furan rings is 1. The Hall–Kier alpha value is -2.46. The molecule has 0 unspecified atom stereocenters. The zero-order valence-corrected chi connectivity index (χ0v) is 14.4. The predicted octanol–water partition coefficient (Wildman–Crippen LogP) is 3.55. The first-order valence-electron chi connectivity index (χ1n) is 7.34. The quantitative estimate of drug-likeness (QED) is 0.260. The second kappa shape index (κ2) is 8.77. The molecule has 2 aromatic rings. The van der Waals surface area contributed by atoms with Crippen LogP contribution >= 0.6 is 12.2 Å². The molecule has 1 aromatic carbocycles. The minimum atomic E-state index is -4.79. The number of rotatable bonds is 6. The maximum Gasteiger partial charge on any atom is 0.419 e. The topological polar surface area (TPSA) is 58.8 Å². The van der Waals surface area contributed by atoms with Crippen molar-refractivity contribution in [2.45, 2.75) is 6.18 Å². The van der Waals surface area contributed by atoms with Gasteiger partial charge in [-0.3, -0.25) is 5.43 Å². The van der Waals surface area contributed by atoms with Gasteiger partial charge >= 0.3 is 6.18 Å². The number of hydrazone groups is 1. The van der Waals surface area contributed by atoms with Gasteiger partial charge in [-0.1, -0.05) is 0 Å².